The number of carbonyl (C=O) groups excluding carboxylic acids is 2. The van der Waals surface area contributed by atoms with E-state index in [-0.39, 0.29) is 11.7 Å². The first-order chi connectivity index (χ1) is 15.8. The number of anilines is 2. The van der Waals surface area contributed by atoms with Crippen molar-refractivity contribution >= 4 is 52.8 Å². The molecule has 2 aromatic rings. The van der Waals surface area contributed by atoms with Crippen molar-refractivity contribution in [2.24, 2.45) is 5.41 Å². The zero-order valence-electron chi connectivity index (χ0n) is 20.1. The second-order valence-electron chi connectivity index (χ2n) is 9.41. The molecule has 0 bridgehead atoms. The summed E-state index contributed by atoms with van der Waals surface area (Å²) in [6, 6.07) is 5.48. The van der Waals surface area contributed by atoms with Gasteiger partial charge in [0.25, 0.3) is 0 Å². The smallest absolute Gasteiger partial charge is 0.240 e. The highest BCUT2D eigenvalue weighted by Crippen LogP contribution is 2.46. The number of aromatic nitrogens is 2. The van der Waals surface area contributed by atoms with Gasteiger partial charge in [-0.3, -0.25) is 4.79 Å². The van der Waals surface area contributed by atoms with Crippen LogP contribution in [0.2, 0.25) is 5.02 Å². The monoisotopic (exact) mass is 496 g/mol. The molecule has 1 unspecified atom stereocenters. The molecule has 1 aromatic carbocycles. The lowest BCUT2D eigenvalue weighted by Crippen LogP contribution is -2.33. The number of allylic oxidation sites excluding steroid dienone is 1. The number of halogens is 1. The number of nitrogens with two attached hydrogens (primary N) is 1. The molecule has 34 heavy (non-hydrogen) atoms. The van der Waals surface area contributed by atoms with Gasteiger partial charge in [-0.15, -0.1) is 11.8 Å². The fourth-order valence-electron chi connectivity index (χ4n) is 3.89. The minimum absolute atomic E-state index is 0.215. The molecule has 1 amide bonds. The second kappa shape index (κ2) is 9.39. The van der Waals surface area contributed by atoms with Crippen molar-refractivity contribution < 1.29 is 9.59 Å². The average Bonchev–Trinajstić information content (AvgIpc) is 3.02. The molecule has 1 aromatic heterocycles. The molecule has 6 nitrogen and oxygen atoms in total. The van der Waals surface area contributed by atoms with Gasteiger partial charge >= 0.3 is 0 Å². The van der Waals surface area contributed by atoms with Crippen molar-refractivity contribution in [1.29, 1.82) is 0 Å². The van der Waals surface area contributed by atoms with Crippen LogP contribution in [0.15, 0.2) is 47.2 Å². The first kappa shape index (κ1) is 25.7. The van der Waals surface area contributed by atoms with Crippen molar-refractivity contribution in [3.8, 4) is 0 Å². The van der Waals surface area contributed by atoms with Crippen LogP contribution in [0, 0.1) is 12.3 Å². The van der Waals surface area contributed by atoms with Crippen LogP contribution in [0.3, 0.4) is 0 Å². The Balaban J connectivity index is 1.94. The number of hydrogen-bond acceptors (Lipinski definition) is 6. The SMILES string of the molecule is C=C(CC(C)(C)C=O)S/C=C(\C)C1(C)C(=O)Nc2nc(C(=C)c3ccc(Cl)cc3C)nc(N)c21. The van der Waals surface area contributed by atoms with Crippen LogP contribution >= 0.6 is 23.4 Å². The van der Waals surface area contributed by atoms with Crippen molar-refractivity contribution in [3.63, 3.8) is 0 Å². The number of nitrogens with one attached hydrogen (secondary N) is 1. The Labute approximate surface area is 209 Å². The molecule has 1 aliphatic heterocycles. The number of nitrogens with zero attached hydrogens (tertiary/aromatic N) is 2. The quantitative estimate of drug-likeness (QED) is 0.431. The predicted octanol–water partition coefficient (Wildman–Crippen LogP) is 6.06. The highest BCUT2D eigenvalue weighted by molar-refractivity contribution is 8.05. The summed E-state index contributed by atoms with van der Waals surface area (Å²) < 4.78 is 0. The van der Waals surface area contributed by atoms with Gasteiger partial charge in [0.2, 0.25) is 5.91 Å². The Hall–Kier alpha value is -2.90. The van der Waals surface area contributed by atoms with Crippen LogP contribution in [0.4, 0.5) is 11.6 Å². The number of aldehydes is 1. The minimum Gasteiger partial charge on any atom is -0.383 e. The van der Waals surface area contributed by atoms with E-state index in [9.17, 15) is 9.59 Å². The zero-order chi connectivity index (χ0) is 25.4. The van der Waals surface area contributed by atoms with Crippen LogP contribution in [0.5, 0.6) is 0 Å². The second-order valence-corrected chi connectivity index (χ2v) is 10.9. The summed E-state index contributed by atoms with van der Waals surface area (Å²) in [5, 5.41) is 5.37. The van der Waals surface area contributed by atoms with Gasteiger partial charge in [0.05, 0.1) is 5.56 Å². The van der Waals surface area contributed by atoms with E-state index in [1.165, 1.54) is 11.8 Å². The first-order valence-corrected chi connectivity index (χ1v) is 12.0. The number of thioether (sulfide) groups is 1. The Kier molecular flexibility index (Phi) is 7.10. The van der Waals surface area contributed by atoms with Gasteiger partial charge < -0.3 is 15.8 Å². The molecule has 1 atom stereocenters. The molecule has 0 radical (unpaired) electrons. The third-order valence-corrected chi connectivity index (χ3v) is 7.25. The van der Waals surface area contributed by atoms with Crippen molar-refractivity contribution in [3.05, 3.63) is 74.8 Å². The number of aryl methyl sites for hydroxylation is 1. The normalized spacial score (nSPS) is 17.8. The summed E-state index contributed by atoms with van der Waals surface area (Å²) in [6.07, 6.45) is 1.46. The summed E-state index contributed by atoms with van der Waals surface area (Å²) in [5.41, 5.74) is 8.53. The molecule has 0 aliphatic carbocycles. The molecule has 3 N–H and O–H groups in total. The van der Waals surface area contributed by atoms with Crippen molar-refractivity contribution in [2.75, 3.05) is 11.1 Å². The Morgan fingerprint density at radius 3 is 2.62 bits per heavy atom. The van der Waals surface area contributed by atoms with E-state index in [1.807, 2.05) is 45.2 Å². The van der Waals surface area contributed by atoms with Crippen LogP contribution < -0.4 is 11.1 Å². The van der Waals surface area contributed by atoms with Gasteiger partial charge in [-0.2, -0.15) is 0 Å². The van der Waals surface area contributed by atoms with Crippen LogP contribution in [-0.4, -0.2) is 22.2 Å². The molecule has 178 valence electrons. The predicted molar refractivity (Wildman–Crippen MR) is 142 cm³/mol. The van der Waals surface area contributed by atoms with E-state index in [2.05, 4.69) is 28.4 Å². The Morgan fingerprint density at radius 2 is 2.00 bits per heavy atom. The fraction of sp³-hybridized carbons (Fsp3) is 0.308. The van der Waals surface area contributed by atoms with E-state index in [0.717, 1.165) is 27.9 Å². The first-order valence-electron chi connectivity index (χ1n) is 10.7. The maximum absolute atomic E-state index is 13.1. The molecule has 0 saturated heterocycles. The van der Waals surface area contributed by atoms with E-state index in [4.69, 9.17) is 17.3 Å². The molecule has 0 fully saturated rings. The van der Waals surface area contributed by atoms with Crippen LogP contribution in [0.1, 0.15) is 56.6 Å². The summed E-state index contributed by atoms with van der Waals surface area (Å²) in [4.78, 5) is 34.3. The third-order valence-electron chi connectivity index (χ3n) is 6.07. The van der Waals surface area contributed by atoms with E-state index >= 15 is 0 Å². The highest BCUT2D eigenvalue weighted by Gasteiger charge is 2.47. The molecule has 8 heteroatoms. The maximum atomic E-state index is 13.1. The lowest BCUT2D eigenvalue weighted by Gasteiger charge is -2.24. The Morgan fingerprint density at radius 1 is 1.32 bits per heavy atom. The van der Waals surface area contributed by atoms with E-state index in [1.54, 1.807) is 13.0 Å². The van der Waals surface area contributed by atoms with Gasteiger partial charge in [0.1, 0.15) is 23.3 Å². The third kappa shape index (κ3) is 4.81. The van der Waals surface area contributed by atoms with Crippen molar-refractivity contribution in [1.82, 2.24) is 9.97 Å². The standard InChI is InChI=1S/C26H29ClN4O2S/c1-14-10-18(27)8-9-19(14)17(4)22-29-21(28)20-23(30-22)31-24(33)26(20,7)15(2)12-34-16(3)11-25(5,6)13-32/h8-10,12-13H,3-4,11H2,1-2,5-7H3,(H3,28,29,30,31,33)/b15-12+. The van der Waals surface area contributed by atoms with Crippen LogP contribution in [-0.2, 0) is 15.0 Å². The van der Waals surface area contributed by atoms with Gasteiger partial charge in [-0.25, -0.2) is 9.97 Å². The summed E-state index contributed by atoms with van der Waals surface area (Å²) in [6.45, 7) is 17.5. The van der Waals surface area contributed by atoms with Gasteiger partial charge in [0, 0.05) is 16.0 Å². The molecule has 2 heterocycles. The fourth-order valence-corrected chi connectivity index (χ4v) is 5.15. The van der Waals surface area contributed by atoms with Gasteiger partial charge in [-0.1, -0.05) is 44.7 Å². The zero-order valence-corrected chi connectivity index (χ0v) is 21.7. The highest BCUT2D eigenvalue weighted by atomic mass is 35.5. The lowest BCUT2D eigenvalue weighted by molar-refractivity contribution is -0.119. The molecule has 0 saturated carbocycles. The number of rotatable bonds is 8. The number of amides is 1. The molecule has 1 aliphatic rings. The topological polar surface area (TPSA) is 98.0 Å². The molecule has 3 rings (SSSR count). The number of carbonyl (C=O) groups is 2. The average molecular weight is 497 g/mol. The van der Waals surface area contributed by atoms with Gasteiger partial charge in [-0.05, 0) is 66.3 Å². The molecular weight excluding hydrogens is 468 g/mol. The largest absolute Gasteiger partial charge is 0.383 e. The number of hydrogen-bond donors (Lipinski definition) is 2. The summed E-state index contributed by atoms with van der Waals surface area (Å²) in [7, 11) is 0. The molecule has 0 spiro atoms. The lowest BCUT2D eigenvalue weighted by atomic mass is 9.78. The number of fused-ring (bicyclic) bond motifs is 1. The summed E-state index contributed by atoms with van der Waals surface area (Å²) in [5.74, 6) is 0.697. The van der Waals surface area contributed by atoms with Crippen molar-refractivity contribution in [2.45, 2.75) is 46.5 Å². The van der Waals surface area contributed by atoms with Crippen LogP contribution in [0.25, 0.3) is 5.57 Å². The maximum Gasteiger partial charge on any atom is 0.240 e. The van der Waals surface area contributed by atoms with Gasteiger partial charge in [0.15, 0.2) is 5.82 Å². The van der Waals surface area contributed by atoms with E-state index in [0.29, 0.717) is 34.2 Å². The number of benzene rings is 1. The van der Waals surface area contributed by atoms with E-state index < -0.39 is 10.8 Å². The number of nitrogen functional groups attached to an aromatic ring is 1. The molecular formula is C26H29ClN4O2S. The Bertz CT molecular complexity index is 1250. The summed E-state index contributed by atoms with van der Waals surface area (Å²) >= 11 is 7.48. The minimum atomic E-state index is -1.04.